The first-order chi connectivity index (χ1) is 61.3. The van der Waals surface area contributed by atoms with Gasteiger partial charge in [0, 0.05) is 34.6 Å². The van der Waals surface area contributed by atoms with Gasteiger partial charge in [-0.05, 0) is 208 Å². The highest BCUT2D eigenvalue weighted by molar-refractivity contribution is 5.93. The fourth-order valence-electron chi connectivity index (χ4n) is 13.2. The second-order valence-electron chi connectivity index (χ2n) is 30.7. The van der Waals surface area contributed by atoms with Crippen molar-refractivity contribution in [1.29, 1.82) is 5.26 Å². The third-order valence-electron chi connectivity index (χ3n) is 20.4. The molecule has 12 aromatic rings. The minimum atomic E-state index is -0.841. The number of nitrogens with one attached hydrogen (secondary N) is 2. The van der Waals surface area contributed by atoms with E-state index >= 15 is 0 Å². The van der Waals surface area contributed by atoms with Crippen molar-refractivity contribution in [3.05, 3.63) is 218 Å². The molecule has 4 N–H and O–H groups in total. The van der Waals surface area contributed by atoms with E-state index in [9.17, 15) is 19.8 Å². The van der Waals surface area contributed by atoms with Crippen molar-refractivity contribution in [2.75, 3.05) is 125 Å². The summed E-state index contributed by atoms with van der Waals surface area (Å²) in [6.07, 6.45) is 3.68. The van der Waals surface area contributed by atoms with Gasteiger partial charge in [-0.25, -0.2) is 9.59 Å². The Morgan fingerprint density at radius 3 is 0.856 bits per heavy atom. The van der Waals surface area contributed by atoms with Crippen LogP contribution in [0.4, 0.5) is 9.59 Å². The van der Waals surface area contributed by atoms with Gasteiger partial charge in [-0.15, -0.1) is 0 Å². The first-order valence-corrected chi connectivity index (χ1v) is 42.8. The van der Waals surface area contributed by atoms with Gasteiger partial charge in [0.25, 0.3) is 6.26 Å². The van der Waals surface area contributed by atoms with Crippen LogP contribution in [-0.4, -0.2) is 197 Å². The van der Waals surface area contributed by atoms with Crippen molar-refractivity contribution in [3.8, 4) is 75.2 Å². The standard InChI is InChI=1S/C52H58N2O12.C42H40O10.C5H9NO/c1-3-5-21-53-51(55)65-45(33-59-41-17-19-47-36(23-41)9-7-11-49(47)63-29-43-27-61-43)31-57-39-15-13-35-14-16-40(26-38(35)25-39)58-32-46(66-52(56)54-22-6-4-2)34-60-42-18-20-48-37(24-42)10-8-12-50(48)64-30-44-28-62-44;43-31(21-47-35-11-13-39-28(15-35)3-1-5-41(39)51-25-37-23-49-37)19-45-33-9-7-27-8-10-34(18-30(27)17-33)46-20-32(44)22-48-36-12-14-40-29(16-36)4-2-6-42(40)52-26-38-24-50-38;1-2-3-4-7-5-6/h7-20,23-26,43-46H,3-6,21-22,27-34H2,1-2H3,(H,53,55)(H,54,56);1-18,31-32,37-38,43-44H,19-26H2;2-4H2,1H3. The maximum atomic E-state index is 12.8. The Morgan fingerprint density at radius 2 is 0.600 bits per heavy atom. The summed E-state index contributed by atoms with van der Waals surface area (Å²) < 4.78 is 109. The number of carbonyl (C=O) groups is 2. The molecule has 0 bridgehead atoms. The smallest absolute Gasteiger partial charge is 0.407 e. The van der Waals surface area contributed by atoms with Crippen LogP contribution in [0.3, 0.4) is 0 Å². The van der Waals surface area contributed by atoms with E-state index in [1.54, 1.807) is 6.26 Å². The largest absolute Gasteiger partial charge is 0.491 e. The van der Waals surface area contributed by atoms with Gasteiger partial charge in [0.1, 0.15) is 192 Å². The maximum Gasteiger partial charge on any atom is 0.407 e. The molecule has 0 spiro atoms. The fourth-order valence-corrected chi connectivity index (χ4v) is 13.2. The Morgan fingerprint density at radius 1 is 0.344 bits per heavy atom. The Kier molecular flexibility index (Phi) is 32.4. The molecular formula is C99H107N3O23. The minimum Gasteiger partial charge on any atom is -0.491 e. The van der Waals surface area contributed by atoms with Crippen molar-refractivity contribution in [3.63, 3.8) is 0 Å². The Hall–Kier alpha value is -12.6. The van der Waals surface area contributed by atoms with Crippen LogP contribution in [0.5, 0.6) is 69.0 Å². The summed E-state index contributed by atoms with van der Waals surface area (Å²) in [5, 5.41) is 46.2. The van der Waals surface area contributed by atoms with E-state index in [0.29, 0.717) is 92.1 Å². The summed E-state index contributed by atoms with van der Waals surface area (Å²) in [6.45, 7) is 13.3. The normalized spacial score (nSPS) is 16.1. The second-order valence-corrected chi connectivity index (χ2v) is 30.7. The molecule has 656 valence electrons. The molecule has 2 amide bonds. The molecule has 4 fully saturated rings. The molecule has 4 aliphatic rings. The molecule has 0 saturated carbocycles. The SMILES string of the molecule is CCCCNC(=O)OC(COc1ccc2ccc(OCC(COc3ccc4c(OCC5CO5)cccc4c3)OC(=O)NCCCC)cc2c1)COc1ccc2c(OCC3CO3)cccc2c1.CCCCOC#N.OC(COc1ccc2ccc(OCC(O)COc3ccc4c(OCC5CO5)cccc4c3)cc2c1)COc1ccc2c(OCC3CO3)cccc2c1. The number of aliphatic hydroxyl groups excluding tert-OH is 2. The molecule has 4 saturated heterocycles. The van der Waals surface area contributed by atoms with E-state index < -0.39 is 36.6 Å². The van der Waals surface area contributed by atoms with Gasteiger partial charge in [0.15, 0.2) is 12.2 Å². The van der Waals surface area contributed by atoms with Crippen LogP contribution < -0.4 is 67.5 Å². The molecule has 0 radical (unpaired) electrons. The zero-order valence-corrected chi connectivity index (χ0v) is 70.5. The van der Waals surface area contributed by atoms with Gasteiger partial charge in [-0.2, -0.15) is 5.26 Å². The highest BCUT2D eigenvalue weighted by Gasteiger charge is 2.28. The van der Waals surface area contributed by atoms with Crippen molar-refractivity contribution >= 4 is 76.8 Å². The third-order valence-corrected chi connectivity index (χ3v) is 20.4. The molecule has 0 aliphatic carbocycles. The molecule has 16 rings (SSSR count). The Bertz CT molecular complexity index is 5220. The molecule has 0 aromatic heterocycles. The highest BCUT2D eigenvalue weighted by atomic mass is 16.6. The summed E-state index contributed by atoms with van der Waals surface area (Å²) in [5.74, 6) is 8.08. The Balaban J connectivity index is 0.000000193. The monoisotopic (exact) mass is 1710 g/mol. The number of ether oxygens (including phenoxy) is 19. The predicted octanol–water partition coefficient (Wildman–Crippen LogP) is 17.0. The van der Waals surface area contributed by atoms with Crippen LogP contribution in [0.25, 0.3) is 64.6 Å². The number of rotatable bonds is 47. The zero-order valence-electron chi connectivity index (χ0n) is 70.5. The average Bonchev–Trinajstić information content (AvgIpc) is 1.69. The number of unbranched alkanes of at least 4 members (excludes halogenated alkanes) is 3. The average molecular weight is 1710 g/mol. The molecule has 12 aromatic carbocycles. The molecule has 8 atom stereocenters. The number of alkyl carbamates (subject to hydrolysis) is 2. The number of aliphatic hydroxyl groups is 2. The minimum absolute atomic E-state index is 0.0407. The van der Waals surface area contributed by atoms with E-state index in [2.05, 4.69) is 36.1 Å². The first-order valence-electron chi connectivity index (χ1n) is 42.8. The van der Waals surface area contributed by atoms with Crippen molar-refractivity contribution < 1.29 is 110 Å². The van der Waals surface area contributed by atoms with Gasteiger partial charge < -0.3 is 111 Å². The van der Waals surface area contributed by atoms with Gasteiger partial charge in [0.05, 0.1) is 26.4 Å². The molecule has 125 heavy (non-hydrogen) atoms. The number of nitrogens with zero attached hydrogens (tertiary/aromatic N) is 1. The third kappa shape index (κ3) is 28.2. The second kappa shape index (κ2) is 45.7. The fraction of sp³-hybridized carbons (Fsp3) is 0.364. The van der Waals surface area contributed by atoms with Gasteiger partial charge in [-0.3, -0.25) is 0 Å². The molecule has 26 nitrogen and oxygen atoms in total. The van der Waals surface area contributed by atoms with Crippen LogP contribution in [-0.2, 0) is 33.2 Å². The summed E-state index contributed by atoms with van der Waals surface area (Å²) in [6, 6.07) is 69.4. The lowest BCUT2D eigenvalue weighted by atomic mass is 10.1. The lowest BCUT2D eigenvalue weighted by Gasteiger charge is -2.20. The zero-order chi connectivity index (χ0) is 86.3. The van der Waals surface area contributed by atoms with E-state index in [4.69, 9.17) is 90.5 Å². The topological polar surface area (TPSA) is 311 Å². The Labute approximate surface area is 726 Å². The lowest BCUT2D eigenvalue weighted by Crippen LogP contribution is -2.36. The van der Waals surface area contributed by atoms with Gasteiger partial charge in [0.2, 0.25) is 0 Å². The number of fused-ring (bicyclic) bond motifs is 6. The van der Waals surface area contributed by atoms with Gasteiger partial charge in [-0.1, -0.05) is 113 Å². The van der Waals surface area contributed by atoms with Crippen LogP contribution in [0, 0.1) is 11.5 Å². The van der Waals surface area contributed by atoms with Crippen LogP contribution in [0.2, 0.25) is 0 Å². The molecule has 4 aliphatic heterocycles. The van der Waals surface area contributed by atoms with Gasteiger partial charge >= 0.3 is 12.2 Å². The number of epoxide rings is 4. The number of nitriles is 1. The number of hydrogen-bond donors (Lipinski definition) is 4. The van der Waals surface area contributed by atoms with Crippen molar-refractivity contribution in [2.45, 2.75) is 108 Å². The van der Waals surface area contributed by atoms with Crippen LogP contribution in [0.1, 0.15) is 59.3 Å². The number of carbonyl (C=O) groups excluding carboxylic acids is 2. The van der Waals surface area contributed by atoms with Crippen LogP contribution >= 0.6 is 0 Å². The van der Waals surface area contributed by atoms with Crippen molar-refractivity contribution in [2.24, 2.45) is 0 Å². The first kappa shape index (κ1) is 88.7. The number of benzene rings is 12. The van der Waals surface area contributed by atoms with E-state index in [1.165, 1.54) is 0 Å². The predicted molar refractivity (Wildman–Crippen MR) is 473 cm³/mol. The number of hydrogen-bond acceptors (Lipinski definition) is 24. The van der Waals surface area contributed by atoms with Crippen molar-refractivity contribution in [1.82, 2.24) is 10.6 Å². The lowest BCUT2D eigenvalue weighted by molar-refractivity contribution is 0.0355. The quantitative estimate of drug-likeness (QED) is 0.0156. The molecular weight excluding hydrogens is 1600 g/mol. The van der Waals surface area contributed by atoms with E-state index in [1.807, 2.05) is 218 Å². The summed E-state index contributed by atoms with van der Waals surface area (Å²) in [5.41, 5.74) is 0. The summed E-state index contributed by atoms with van der Waals surface area (Å²) in [7, 11) is 0. The number of amides is 2. The molecule has 4 heterocycles. The van der Waals surface area contributed by atoms with Crippen LogP contribution in [0.15, 0.2) is 218 Å². The maximum absolute atomic E-state index is 12.8. The summed E-state index contributed by atoms with van der Waals surface area (Å²) in [4.78, 5) is 25.6. The highest BCUT2D eigenvalue weighted by Crippen LogP contribution is 2.36. The van der Waals surface area contributed by atoms with E-state index in [-0.39, 0.29) is 77.3 Å². The van der Waals surface area contributed by atoms with E-state index in [0.717, 1.165) is 153 Å². The molecule has 26 heteroatoms. The summed E-state index contributed by atoms with van der Waals surface area (Å²) >= 11 is 0. The molecule has 8 unspecified atom stereocenters.